The quantitative estimate of drug-likeness (QED) is 0.438. The zero-order valence-electron chi connectivity index (χ0n) is 14.3. The molecule has 0 saturated heterocycles. The SMILES string of the molecule is O=[n+]1c2ccccc2n([O-])c2cn(-c3ccccc3)c(-c3ccccc3)c21. The highest BCUT2D eigenvalue weighted by molar-refractivity contribution is 5.93. The maximum atomic E-state index is 13.2. The largest absolute Gasteiger partial charge is 0.805 e. The average molecular weight is 353 g/mol. The zero-order chi connectivity index (χ0) is 18.4. The van der Waals surface area contributed by atoms with Crippen LogP contribution < -0.4 is 4.43 Å². The summed E-state index contributed by atoms with van der Waals surface area (Å²) in [6.07, 6.45) is 1.74. The van der Waals surface area contributed by atoms with Gasteiger partial charge in [-0.1, -0.05) is 60.7 Å². The van der Waals surface area contributed by atoms with Crippen LogP contribution in [0.25, 0.3) is 39.0 Å². The fraction of sp³-hybridized carbons (Fsp3) is 0. The molecule has 3 aromatic carbocycles. The highest BCUT2D eigenvalue weighted by Gasteiger charge is 2.25. The molecule has 0 spiro atoms. The van der Waals surface area contributed by atoms with E-state index in [-0.39, 0.29) is 0 Å². The van der Waals surface area contributed by atoms with E-state index in [4.69, 9.17) is 0 Å². The Kier molecular flexibility index (Phi) is 3.33. The third-order valence-electron chi connectivity index (χ3n) is 4.78. The van der Waals surface area contributed by atoms with E-state index in [2.05, 4.69) is 0 Å². The van der Waals surface area contributed by atoms with E-state index >= 15 is 0 Å². The molecule has 0 aliphatic rings. The Morgan fingerprint density at radius 3 is 2.11 bits per heavy atom. The lowest BCUT2D eigenvalue weighted by molar-refractivity contribution is -0.432. The molecule has 0 aliphatic heterocycles. The van der Waals surface area contributed by atoms with Crippen LogP contribution in [0.2, 0.25) is 0 Å². The molecule has 2 heterocycles. The second kappa shape index (κ2) is 5.85. The Bertz CT molecular complexity index is 1340. The molecule has 0 saturated carbocycles. The summed E-state index contributed by atoms with van der Waals surface area (Å²) in [5, 5.41) is 13.0. The van der Waals surface area contributed by atoms with Crippen molar-refractivity contribution in [3.63, 3.8) is 0 Å². The Morgan fingerprint density at radius 1 is 0.741 bits per heavy atom. The molecule has 5 aromatic rings. The molecular weight excluding hydrogens is 338 g/mol. The number of rotatable bonds is 2. The van der Waals surface area contributed by atoms with Crippen molar-refractivity contribution in [2.45, 2.75) is 0 Å². The van der Waals surface area contributed by atoms with Crippen molar-refractivity contribution in [1.29, 1.82) is 0 Å². The van der Waals surface area contributed by atoms with Crippen molar-refractivity contribution in [3.8, 4) is 16.9 Å². The normalized spacial score (nSPS) is 11.3. The number of hydrogen-bond donors (Lipinski definition) is 0. The summed E-state index contributed by atoms with van der Waals surface area (Å²) in [6.45, 7) is 0. The van der Waals surface area contributed by atoms with Gasteiger partial charge in [0.2, 0.25) is 0 Å². The van der Waals surface area contributed by atoms with Gasteiger partial charge in [0.1, 0.15) is 16.7 Å². The van der Waals surface area contributed by atoms with E-state index in [9.17, 15) is 10.1 Å². The van der Waals surface area contributed by atoms with Crippen LogP contribution in [0, 0.1) is 10.1 Å². The maximum absolute atomic E-state index is 13.2. The van der Waals surface area contributed by atoms with E-state index in [0.717, 1.165) is 20.4 Å². The molecule has 0 bridgehead atoms. The highest BCUT2D eigenvalue weighted by Crippen LogP contribution is 2.32. The predicted octanol–water partition coefficient (Wildman–Crippen LogP) is 4.51. The van der Waals surface area contributed by atoms with Gasteiger partial charge < -0.3 is 14.5 Å². The van der Waals surface area contributed by atoms with Crippen LogP contribution in [0.5, 0.6) is 0 Å². The fourth-order valence-corrected chi connectivity index (χ4v) is 3.55. The van der Waals surface area contributed by atoms with E-state index < -0.39 is 0 Å². The van der Waals surface area contributed by atoms with E-state index in [1.54, 1.807) is 30.5 Å². The van der Waals surface area contributed by atoms with Gasteiger partial charge in [0.15, 0.2) is 0 Å². The lowest BCUT2D eigenvalue weighted by Crippen LogP contribution is -2.19. The van der Waals surface area contributed by atoms with Crippen LogP contribution in [-0.4, -0.2) is 9.30 Å². The molecule has 0 fully saturated rings. The van der Waals surface area contributed by atoms with Crippen LogP contribution in [0.3, 0.4) is 0 Å². The second-order valence-electron chi connectivity index (χ2n) is 6.36. The van der Waals surface area contributed by atoms with Gasteiger partial charge >= 0.3 is 5.52 Å². The summed E-state index contributed by atoms with van der Waals surface area (Å²) in [5.74, 6) is 0. The summed E-state index contributed by atoms with van der Waals surface area (Å²) < 4.78 is 3.60. The highest BCUT2D eigenvalue weighted by atomic mass is 16.5. The molecule has 0 N–H and O–H groups in total. The summed E-state index contributed by atoms with van der Waals surface area (Å²) in [6, 6.07) is 26.2. The van der Waals surface area contributed by atoms with E-state index in [1.165, 1.54) is 0 Å². The van der Waals surface area contributed by atoms with Crippen molar-refractivity contribution in [3.05, 3.63) is 101 Å². The third kappa shape index (κ3) is 2.25. The smallest absolute Gasteiger partial charge is 0.312 e. The Morgan fingerprint density at radius 2 is 1.37 bits per heavy atom. The summed E-state index contributed by atoms with van der Waals surface area (Å²) in [5.41, 5.74) is 3.85. The number of nitrogens with zero attached hydrogens (tertiary/aromatic N) is 3. The van der Waals surface area contributed by atoms with Gasteiger partial charge in [0.25, 0.3) is 5.52 Å². The topological polar surface area (TPSA) is 55.9 Å². The van der Waals surface area contributed by atoms with Crippen LogP contribution in [0.4, 0.5) is 0 Å². The summed E-state index contributed by atoms with van der Waals surface area (Å²) >= 11 is 0. The summed E-state index contributed by atoms with van der Waals surface area (Å²) in [7, 11) is 0. The van der Waals surface area contributed by atoms with Crippen molar-refractivity contribution >= 4 is 22.1 Å². The van der Waals surface area contributed by atoms with Crippen LogP contribution in [0.1, 0.15) is 0 Å². The molecule has 0 radical (unpaired) electrons. The zero-order valence-corrected chi connectivity index (χ0v) is 14.3. The fourth-order valence-electron chi connectivity index (χ4n) is 3.55. The van der Waals surface area contributed by atoms with Gasteiger partial charge in [-0.15, -0.1) is 0 Å². The molecule has 5 heteroatoms. The number of benzene rings is 3. The first-order valence-corrected chi connectivity index (χ1v) is 8.65. The van der Waals surface area contributed by atoms with Gasteiger partial charge in [0.05, 0.1) is 4.43 Å². The molecule has 0 aliphatic carbocycles. The number of aromatic nitrogens is 3. The van der Waals surface area contributed by atoms with Crippen molar-refractivity contribution in [1.82, 2.24) is 9.30 Å². The first-order valence-electron chi connectivity index (χ1n) is 8.65. The molecule has 5 rings (SSSR count). The molecule has 5 nitrogen and oxygen atoms in total. The van der Waals surface area contributed by atoms with Gasteiger partial charge in [0, 0.05) is 28.4 Å². The number of fused-ring (bicyclic) bond motifs is 2. The van der Waals surface area contributed by atoms with Crippen LogP contribution in [0.15, 0.2) is 91.1 Å². The lowest BCUT2D eigenvalue weighted by Gasteiger charge is -2.11. The Labute approximate surface area is 154 Å². The first-order chi connectivity index (χ1) is 13.3. The average Bonchev–Trinajstić information content (AvgIpc) is 3.14. The number of hydrogen-bond acceptors (Lipinski definition) is 2. The van der Waals surface area contributed by atoms with E-state index in [1.807, 2.05) is 65.2 Å². The standard InChI is InChI=1S/C22H15N3O2/c26-24-18-13-7-8-14-19(18)25(27)22-20(24)15-23(17-11-5-2-6-12-17)21(22)16-9-3-1-4-10-16/h1-15H. The monoisotopic (exact) mass is 353 g/mol. The third-order valence-corrected chi connectivity index (χ3v) is 4.78. The molecule has 2 aromatic heterocycles. The van der Waals surface area contributed by atoms with Crippen LogP contribution in [-0.2, 0) is 0 Å². The first kappa shape index (κ1) is 15.4. The molecule has 0 unspecified atom stereocenters. The Balaban J connectivity index is 2.02. The van der Waals surface area contributed by atoms with E-state index in [0.29, 0.717) is 27.8 Å². The summed E-state index contributed by atoms with van der Waals surface area (Å²) in [4.78, 5) is 13.2. The minimum Gasteiger partial charge on any atom is -0.805 e. The molecule has 130 valence electrons. The van der Waals surface area contributed by atoms with Gasteiger partial charge in [-0.05, 0) is 18.2 Å². The molecular formula is C22H15N3O2. The predicted molar refractivity (Wildman–Crippen MR) is 106 cm³/mol. The second-order valence-corrected chi connectivity index (χ2v) is 6.36. The molecule has 0 atom stereocenters. The molecule has 0 amide bonds. The van der Waals surface area contributed by atoms with Crippen molar-refractivity contribution in [2.24, 2.45) is 0 Å². The Hall–Kier alpha value is -3.86. The van der Waals surface area contributed by atoms with Gasteiger partial charge in [-0.2, -0.15) is 0 Å². The van der Waals surface area contributed by atoms with Crippen LogP contribution >= 0.6 is 0 Å². The van der Waals surface area contributed by atoms with Crippen molar-refractivity contribution in [2.75, 3.05) is 0 Å². The van der Waals surface area contributed by atoms with Crippen molar-refractivity contribution < 1.29 is 4.43 Å². The van der Waals surface area contributed by atoms with Gasteiger partial charge in [-0.25, -0.2) is 0 Å². The molecule has 27 heavy (non-hydrogen) atoms. The number of para-hydroxylation sites is 3. The van der Waals surface area contributed by atoms with Gasteiger partial charge in [-0.3, -0.25) is 0 Å². The minimum absolute atomic E-state index is 0.339. The minimum atomic E-state index is 0.339. The lowest BCUT2D eigenvalue weighted by atomic mass is 10.1. The maximum Gasteiger partial charge on any atom is 0.312 e.